The lowest BCUT2D eigenvalue weighted by atomic mass is 10.1. The van der Waals surface area contributed by atoms with Gasteiger partial charge in [0.2, 0.25) is 0 Å². The highest BCUT2D eigenvalue weighted by Gasteiger charge is 2.15. The van der Waals surface area contributed by atoms with Gasteiger partial charge in [-0.15, -0.1) is 6.42 Å². The van der Waals surface area contributed by atoms with E-state index in [1.54, 1.807) is 0 Å². The summed E-state index contributed by atoms with van der Waals surface area (Å²) in [6.45, 7) is 5.26. The highest BCUT2D eigenvalue weighted by Crippen LogP contribution is 2.29. The highest BCUT2D eigenvalue weighted by molar-refractivity contribution is 5.72. The van der Waals surface area contributed by atoms with E-state index in [-0.39, 0.29) is 0 Å². The van der Waals surface area contributed by atoms with Gasteiger partial charge in [0.25, 0.3) is 0 Å². The van der Waals surface area contributed by atoms with Crippen LogP contribution in [0.15, 0.2) is 24.3 Å². The van der Waals surface area contributed by atoms with E-state index in [1.807, 2.05) is 35.8 Å². The Balaban J connectivity index is 2.40. The third kappa shape index (κ3) is 3.19. The number of anilines is 1. The molecule has 0 bridgehead atoms. The average molecular weight is 283 g/mol. The number of imidazole rings is 1. The molecule has 0 atom stereocenters. The summed E-state index contributed by atoms with van der Waals surface area (Å²) in [5, 5.41) is 0. The molecule has 2 rings (SSSR count). The van der Waals surface area contributed by atoms with Crippen molar-refractivity contribution in [3.63, 3.8) is 0 Å². The monoisotopic (exact) mass is 283 g/mol. The Morgan fingerprint density at radius 1 is 1.38 bits per heavy atom. The van der Waals surface area contributed by atoms with Gasteiger partial charge >= 0.3 is 0 Å². The van der Waals surface area contributed by atoms with Crippen molar-refractivity contribution in [3.8, 4) is 29.4 Å². The van der Waals surface area contributed by atoms with Gasteiger partial charge in [-0.1, -0.05) is 31.9 Å². The van der Waals surface area contributed by atoms with Gasteiger partial charge in [-0.25, -0.2) is 4.98 Å². The minimum Gasteiger partial charge on any atom is -0.494 e. The number of hydrogen-bond acceptors (Lipinski definition) is 3. The average Bonchev–Trinajstić information content (AvgIpc) is 2.83. The first-order valence-electron chi connectivity index (χ1n) is 7.22. The molecule has 0 saturated heterocycles. The number of rotatable bonds is 6. The lowest BCUT2D eigenvalue weighted by Gasteiger charge is -2.07. The lowest BCUT2D eigenvalue weighted by molar-refractivity contribution is 0.317. The second-order valence-electron chi connectivity index (χ2n) is 4.78. The zero-order valence-corrected chi connectivity index (χ0v) is 12.6. The maximum absolute atomic E-state index is 6.21. The minimum absolute atomic E-state index is 0.439. The van der Waals surface area contributed by atoms with E-state index in [4.69, 9.17) is 16.9 Å². The van der Waals surface area contributed by atoms with Crippen LogP contribution < -0.4 is 10.5 Å². The summed E-state index contributed by atoms with van der Waals surface area (Å²) < 4.78 is 7.54. The molecule has 4 heteroatoms. The number of terminal acetylenes is 1. The van der Waals surface area contributed by atoms with Crippen molar-refractivity contribution < 1.29 is 4.74 Å². The summed E-state index contributed by atoms with van der Waals surface area (Å²) in [5.41, 5.74) is 7.93. The summed E-state index contributed by atoms with van der Waals surface area (Å²) in [4.78, 5) is 4.63. The van der Waals surface area contributed by atoms with Crippen LogP contribution in [0, 0.1) is 12.3 Å². The first kappa shape index (κ1) is 15.0. The zero-order chi connectivity index (χ0) is 15.2. The normalized spacial score (nSPS) is 10.3. The molecule has 0 amide bonds. The van der Waals surface area contributed by atoms with Crippen molar-refractivity contribution >= 4 is 5.82 Å². The Morgan fingerprint density at radius 3 is 2.86 bits per heavy atom. The molecule has 110 valence electrons. The molecule has 0 aliphatic heterocycles. The molecule has 0 aliphatic carbocycles. The topological polar surface area (TPSA) is 53.1 Å². The van der Waals surface area contributed by atoms with Crippen LogP contribution in [0.3, 0.4) is 0 Å². The molecule has 1 aromatic carbocycles. The summed E-state index contributed by atoms with van der Waals surface area (Å²) in [6.07, 6.45) is 7.17. The van der Waals surface area contributed by atoms with E-state index in [1.165, 1.54) is 0 Å². The number of benzene rings is 1. The number of aromatic nitrogens is 2. The van der Waals surface area contributed by atoms with Crippen LogP contribution in [0.2, 0.25) is 0 Å². The molecule has 2 aromatic rings. The molecule has 0 spiro atoms. The van der Waals surface area contributed by atoms with E-state index < -0.39 is 0 Å². The number of hydrogen-bond donors (Lipinski definition) is 1. The van der Waals surface area contributed by atoms with Gasteiger partial charge in [-0.05, 0) is 18.6 Å². The Kier molecular flexibility index (Phi) is 4.89. The fourth-order valence-electron chi connectivity index (χ4n) is 2.22. The molecule has 1 heterocycles. The van der Waals surface area contributed by atoms with Crippen molar-refractivity contribution in [1.82, 2.24) is 9.55 Å². The molecule has 0 saturated carbocycles. The molecular weight excluding hydrogens is 262 g/mol. The van der Waals surface area contributed by atoms with Crippen molar-refractivity contribution in [2.45, 2.75) is 33.2 Å². The van der Waals surface area contributed by atoms with Gasteiger partial charge in [0.15, 0.2) is 0 Å². The minimum atomic E-state index is 0.439. The third-order valence-electron chi connectivity index (χ3n) is 3.23. The molecule has 0 aliphatic rings. The van der Waals surface area contributed by atoms with Gasteiger partial charge < -0.3 is 15.0 Å². The van der Waals surface area contributed by atoms with E-state index in [9.17, 15) is 0 Å². The molecule has 1 aromatic heterocycles. The Labute approximate surface area is 125 Å². The SMILES string of the molecule is C#CCn1c(CC)nc(-c2cccc(OCCC)c2)c1N. The molecule has 0 fully saturated rings. The Morgan fingerprint density at radius 2 is 2.19 bits per heavy atom. The largest absolute Gasteiger partial charge is 0.494 e. The predicted molar refractivity (Wildman–Crippen MR) is 86.1 cm³/mol. The number of aryl methyl sites for hydroxylation is 1. The number of ether oxygens (including phenoxy) is 1. The zero-order valence-electron chi connectivity index (χ0n) is 12.6. The molecular formula is C17H21N3O. The smallest absolute Gasteiger partial charge is 0.132 e. The predicted octanol–water partition coefficient (Wildman–Crippen LogP) is 3.12. The number of nitrogen functional groups attached to an aromatic ring is 1. The van der Waals surface area contributed by atoms with Crippen LogP contribution >= 0.6 is 0 Å². The van der Waals surface area contributed by atoms with Crippen molar-refractivity contribution in [2.24, 2.45) is 0 Å². The van der Waals surface area contributed by atoms with Gasteiger partial charge in [-0.2, -0.15) is 0 Å². The van der Waals surface area contributed by atoms with Crippen LogP contribution in [0.25, 0.3) is 11.3 Å². The fourth-order valence-corrected chi connectivity index (χ4v) is 2.22. The second kappa shape index (κ2) is 6.85. The molecule has 0 unspecified atom stereocenters. The molecule has 0 radical (unpaired) electrons. The fraction of sp³-hybridized carbons (Fsp3) is 0.353. The second-order valence-corrected chi connectivity index (χ2v) is 4.78. The number of nitrogens with two attached hydrogens (primary N) is 1. The summed E-state index contributed by atoms with van der Waals surface area (Å²) in [7, 11) is 0. The van der Waals surface area contributed by atoms with E-state index in [2.05, 4.69) is 17.8 Å². The van der Waals surface area contributed by atoms with E-state index in [0.29, 0.717) is 19.0 Å². The first-order valence-corrected chi connectivity index (χ1v) is 7.22. The van der Waals surface area contributed by atoms with Crippen LogP contribution in [0.1, 0.15) is 26.1 Å². The van der Waals surface area contributed by atoms with Crippen LogP contribution in [0.5, 0.6) is 5.75 Å². The highest BCUT2D eigenvalue weighted by atomic mass is 16.5. The Hall–Kier alpha value is -2.41. The van der Waals surface area contributed by atoms with Crippen LogP contribution in [-0.2, 0) is 13.0 Å². The van der Waals surface area contributed by atoms with Gasteiger partial charge in [-0.3, -0.25) is 0 Å². The third-order valence-corrected chi connectivity index (χ3v) is 3.23. The van der Waals surface area contributed by atoms with Crippen LogP contribution in [-0.4, -0.2) is 16.2 Å². The molecule has 2 N–H and O–H groups in total. The van der Waals surface area contributed by atoms with Crippen molar-refractivity contribution in [3.05, 3.63) is 30.1 Å². The first-order chi connectivity index (χ1) is 10.2. The summed E-state index contributed by atoms with van der Waals surface area (Å²) in [6, 6.07) is 7.84. The maximum atomic E-state index is 6.21. The lowest BCUT2D eigenvalue weighted by Crippen LogP contribution is -2.05. The molecule has 21 heavy (non-hydrogen) atoms. The van der Waals surface area contributed by atoms with Crippen molar-refractivity contribution in [1.29, 1.82) is 0 Å². The quantitative estimate of drug-likeness (QED) is 0.829. The Bertz CT molecular complexity index is 653. The van der Waals surface area contributed by atoms with E-state index >= 15 is 0 Å². The summed E-state index contributed by atoms with van der Waals surface area (Å²) >= 11 is 0. The standard InChI is InChI=1S/C17H21N3O/c1-4-10-20-15(6-3)19-16(17(20)18)13-8-7-9-14(12-13)21-11-5-2/h1,7-9,12H,5-6,10-11,18H2,2-3H3. The van der Waals surface area contributed by atoms with Gasteiger partial charge in [0.05, 0.1) is 13.2 Å². The van der Waals surface area contributed by atoms with Gasteiger partial charge in [0, 0.05) is 12.0 Å². The van der Waals surface area contributed by atoms with Crippen LogP contribution in [0.4, 0.5) is 5.82 Å². The van der Waals surface area contributed by atoms with Gasteiger partial charge in [0.1, 0.15) is 23.1 Å². The molecule has 4 nitrogen and oxygen atoms in total. The number of nitrogens with zero attached hydrogens (tertiary/aromatic N) is 2. The van der Waals surface area contributed by atoms with E-state index in [0.717, 1.165) is 35.7 Å². The maximum Gasteiger partial charge on any atom is 0.132 e. The van der Waals surface area contributed by atoms with Crippen molar-refractivity contribution in [2.75, 3.05) is 12.3 Å². The summed E-state index contributed by atoms with van der Waals surface area (Å²) in [5.74, 6) is 4.97.